The number of nitrogens with one attached hydrogen (secondary N) is 1. The maximum absolute atomic E-state index is 13.4. The minimum atomic E-state index is -0.704. The standard InChI is InChI=1S/C31H32N4O4/c1-3-39-27-13-22(11-12-32-27)21-9-7-20(8-10-21)19(2)35-28-23(18-33-35)5-4-6-26(28)29(36)34-25-16-31(17-25)14-24(15-31)30(37)38/h4-13,18-19,24-25H,3,14-17H2,1-2H3,(H,34,36)(H,37,38)/t19-,24?,25?,31?/m0/s1. The summed E-state index contributed by atoms with van der Waals surface area (Å²) in [5, 5.41) is 18.0. The monoisotopic (exact) mass is 524 g/mol. The fraction of sp³-hybridized carbons (Fsp3) is 0.355. The summed E-state index contributed by atoms with van der Waals surface area (Å²) in [4.78, 5) is 28.8. The van der Waals surface area contributed by atoms with Gasteiger partial charge in [-0.2, -0.15) is 5.10 Å². The van der Waals surface area contributed by atoms with Crippen LogP contribution in [0.15, 0.2) is 67.0 Å². The number of amides is 1. The van der Waals surface area contributed by atoms with Crippen LogP contribution >= 0.6 is 0 Å². The second kappa shape index (κ2) is 9.84. The maximum atomic E-state index is 13.4. The molecule has 2 aliphatic carbocycles. The molecular formula is C31H32N4O4. The number of ether oxygens (including phenoxy) is 1. The molecule has 1 atom stereocenters. The second-order valence-corrected chi connectivity index (χ2v) is 11.0. The first-order valence-electron chi connectivity index (χ1n) is 13.5. The smallest absolute Gasteiger partial charge is 0.306 e. The number of hydrogen-bond donors (Lipinski definition) is 2. The summed E-state index contributed by atoms with van der Waals surface area (Å²) in [7, 11) is 0. The highest BCUT2D eigenvalue weighted by Gasteiger charge is 2.55. The Labute approximate surface area is 227 Å². The Bertz CT molecular complexity index is 1530. The number of fused-ring (bicyclic) bond motifs is 1. The molecule has 8 nitrogen and oxygen atoms in total. The van der Waals surface area contributed by atoms with Crippen LogP contribution in [0.5, 0.6) is 5.88 Å². The lowest BCUT2D eigenvalue weighted by atomic mass is 9.50. The van der Waals surface area contributed by atoms with Crippen LogP contribution < -0.4 is 10.1 Å². The fourth-order valence-corrected chi connectivity index (χ4v) is 6.34. The number of aromatic nitrogens is 3. The Balaban J connectivity index is 1.19. The molecule has 2 aromatic carbocycles. The van der Waals surface area contributed by atoms with Crippen LogP contribution in [-0.2, 0) is 4.79 Å². The molecule has 6 rings (SSSR count). The number of para-hydroxylation sites is 1. The van der Waals surface area contributed by atoms with Crippen molar-refractivity contribution in [2.75, 3.05) is 6.61 Å². The quantitative estimate of drug-likeness (QED) is 0.316. The van der Waals surface area contributed by atoms with Gasteiger partial charge in [0.1, 0.15) is 0 Å². The highest BCUT2D eigenvalue weighted by Crippen LogP contribution is 2.58. The molecular weight excluding hydrogens is 492 g/mol. The number of carbonyl (C=O) groups excluding carboxylic acids is 1. The van der Waals surface area contributed by atoms with E-state index in [4.69, 9.17) is 4.74 Å². The third-order valence-electron chi connectivity index (χ3n) is 8.38. The topological polar surface area (TPSA) is 106 Å². The lowest BCUT2D eigenvalue weighted by Gasteiger charge is -2.56. The minimum Gasteiger partial charge on any atom is -0.481 e. The van der Waals surface area contributed by atoms with Crippen LogP contribution in [0.25, 0.3) is 22.0 Å². The molecule has 0 aliphatic heterocycles. The zero-order valence-corrected chi connectivity index (χ0v) is 22.1. The number of pyridine rings is 1. The third-order valence-corrected chi connectivity index (χ3v) is 8.38. The van der Waals surface area contributed by atoms with Gasteiger partial charge in [0.15, 0.2) is 0 Å². The van der Waals surface area contributed by atoms with Gasteiger partial charge in [-0.1, -0.05) is 36.4 Å². The summed E-state index contributed by atoms with van der Waals surface area (Å²) in [5.41, 5.74) is 4.71. The molecule has 2 aliphatic rings. The Morgan fingerprint density at radius 2 is 1.87 bits per heavy atom. The molecule has 2 fully saturated rings. The molecule has 1 amide bonds. The first kappa shape index (κ1) is 25.1. The summed E-state index contributed by atoms with van der Waals surface area (Å²) in [5.74, 6) is -0.431. The number of carboxylic acid groups (broad SMARTS) is 1. The van der Waals surface area contributed by atoms with Crippen molar-refractivity contribution >= 4 is 22.8 Å². The molecule has 0 unspecified atom stereocenters. The van der Waals surface area contributed by atoms with E-state index < -0.39 is 5.97 Å². The van der Waals surface area contributed by atoms with E-state index in [2.05, 4.69) is 46.6 Å². The number of nitrogens with zero attached hydrogens (tertiary/aromatic N) is 3. The number of rotatable bonds is 8. The largest absolute Gasteiger partial charge is 0.481 e. The van der Waals surface area contributed by atoms with Gasteiger partial charge in [0.25, 0.3) is 5.91 Å². The van der Waals surface area contributed by atoms with E-state index in [9.17, 15) is 14.7 Å². The van der Waals surface area contributed by atoms with Crippen molar-refractivity contribution in [3.8, 4) is 17.0 Å². The molecule has 0 radical (unpaired) electrons. The second-order valence-electron chi connectivity index (χ2n) is 11.0. The lowest BCUT2D eigenvalue weighted by Crippen LogP contribution is -2.57. The van der Waals surface area contributed by atoms with Gasteiger partial charge in [0.2, 0.25) is 5.88 Å². The van der Waals surface area contributed by atoms with E-state index in [0.29, 0.717) is 18.1 Å². The summed E-state index contributed by atoms with van der Waals surface area (Å²) < 4.78 is 7.46. The van der Waals surface area contributed by atoms with Crippen molar-refractivity contribution in [1.82, 2.24) is 20.1 Å². The van der Waals surface area contributed by atoms with Crippen LogP contribution in [-0.4, -0.2) is 44.4 Å². The van der Waals surface area contributed by atoms with E-state index in [-0.39, 0.29) is 29.3 Å². The minimum absolute atomic E-state index is 0.0836. The average molecular weight is 525 g/mol. The SMILES string of the molecule is CCOc1cc(-c2ccc([C@H](C)n3ncc4cccc(C(=O)NC5CC6(C5)CC(C(=O)O)C6)c43)cc2)ccn1. The summed E-state index contributed by atoms with van der Waals surface area (Å²) in [6.07, 6.45) is 6.71. The zero-order chi connectivity index (χ0) is 27.1. The van der Waals surface area contributed by atoms with E-state index in [1.807, 2.05) is 48.1 Å². The molecule has 4 aromatic rings. The highest BCUT2D eigenvalue weighted by atomic mass is 16.5. The highest BCUT2D eigenvalue weighted by molar-refractivity contribution is 6.05. The van der Waals surface area contributed by atoms with Crippen LogP contribution in [0.1, 0.15) is 61.5 Å². The molecule has 39 heavy (non-hydrogen) atoms. The van der Waals surface area contributed by atoms with Crippen molar-refractivity contribution in [3.63, 3.8) is 0 Å². The van der Waals surface area contributed by atoms with Crippen LogP contribution in [0, 0.1) is 11.3 Å². The predicted molar refractivity (Wildman–Crippen MR) is 148 cm³/mol. The van der Waals surface area contributed by atoms with Gasteiger partial charge in [-0.25, -0.2) is 4.98 Å². The molecule has 2 heterocycles. The van der Waals surface area contributed by atoms with Crippen molar-refractivity contribution in [1.29, 1.82) is 0 Å². The van der Waals surface area contributed by atoms with Crippen LogP contribution in [0.3, 0.4) is 0 Å². The Morgan fingerprint density at radius 1 is 1.10 bits per heavy atom. The van der Waals surface area contributed by atoms with Gasteiger partial charge < -0.3 is 15.2 Å². The first-order valence-corrected chi connectivity index (χ1v) is 13.5. The van der Waals surface area contributed by atoms with Gasteiger partial charge in [-0.3, -0.25) is 14.3 Å². The maximum Gasteiger partial charge on any atom is 0.306 e. The molecule has 8 heteroatoms. The lowest BCUT2D eigenvalue weighted by molar-refractivity contribution is -0.155. The van der Waals surface area contributed by atoms with Crippen molar-refractivity contribution in [2.24, 2.45) is 11.3 Å². The van der Waals surface area contributed by atoms with E-state index in [1.165, 1.54) is 0 Å². The summed E-state index contributed by atoms with van der Waals surface area (Å²) in [6.45, 7) is 4.59. The van der Waals surface area contributed by atoms with Gasteiger partial charge in [-0.15, -0.1) is 0 Å². The van der Waals surface area contributed by atoms with Crippen LogP contribution in [0.2, 0.25) is 0 Å². The van der Waals surface area contributed by atoms with E-state index >= 15 is 0 Å². The van der Waals surface area contributed by atoms with Crippen LogP contribution in [0.4, 0.5) is 0 Å². The Kier molecular flexibility index (Phi) is 6.33. The summed E-state index contributed by atoms with van der Waals surface area (Å²) >= 11 is 0. The number of carbonyl (C=O) groups is 2. The third kappa shape index (κ3) is 4.64. The Morgan fingerprint density at radius 3 is 2.59 bits per heavy atom. The van der Waals surface area contributed by atoms with Gasteiger partial charge in [-0.05, 0) is 73.8 Å². The number of carboxylic acids is 1. The first-order chi connectivity index (χ1) is 18.9. The average Bonchev–Trinajstić information content (AvgIpc) is 3.33. The van der Waals surface area contributed by atoms with Gasteiger partial charge in [0.05, 0.1) is 35.8 Å². The molecule has 0 saturated heterocycles. The van der Waals surface area contributed by atoms with Gasteiger partial charge in [0, 0.05) is 23.7 Å². The number of hydrogen-bond acceptors (Lipinski definition) is 5. The molecule has 2 N–H and O–H groups in total. The zero-order valence-electron chi connectivity index (χ0n) is 22.1. The normalized spacial score (nSPS) is 22.6. The molecule has 200 valence electrons. The Hall–Kier alpha value is -4.20. The number of benzene rings is 2. The van der Waals surface area contributed by atoms with Crippen molar-refractivity contribution in [3.05, 3.63) is 78.1 Å². The van der Waals surface area contributed by atoms with Gasteiger partial charge >= 0.3 is 5.97 Å². The van der Waals surface area contributed by atoms with E-state index in [1.54, 1.807) is 6.20 Å². The molecule has 2 saturated carbocycles. The molecule has 0 bridgehead atoms. The molecule has 1 spiro atoms. The van der Waals surface area contributed by atoms with E-state index in [0.717, 1.165) is 53.3 Å². The summed E-state index contributed by atoms with van der Waals surface area (Å²) in [6, 6.07) is 18.0. The van der Waals surface area contributed by atoms with Crippen molar-refractivity contribution < 1.29 is 19.4 Å². The predicted octanol–water partition coefficient (Wildman–Crippen LogP) is 5.48. The number of aliphatic carboxylic acids is 1. The molecule has 2 aromatic heterocycles. The fourth-order valence-electron chi connectivity index (χ4n) is 6.34. The van der Waals surface area contributed by atoms with Crippen molar-refractivity contribution in [2.45, 2.75) is 51.6 Å².